The summed E-state index contributed by atoms with van der Waals surface area (Å²) in [6.07, 6.45) is 1.42. The molecule has 34 heavy (non-hydrogen) atoms. The van der Waals surface area contributed by atoms with Crippen molar-refractivity contribution >= 4 is 43.1 Å². The van der Waals surface area contributed by atoms with Gasteiger partial charge in [-0.2, -0.15) is 10.4 Å². The third-order valence-corrected chi connectivity index (χ3v) is 5.66. The van der Waals surface area contributed by atoms with Gasteiger partial charge >= 0.3 is 0 Å². The number of nitrogen functional groups attached to an aromatic ring is 1. The Kier molecular flexibility index (Phi) is 5.51. The molecule has 160 valence electrons. The highest BCUT2D eigenvalue weighted by Crippen LogP contribution is 2.44. The molecule has 0 saturated carbocycles. The molecule has 0 saturated heterocycles. The maximum Gasteiger partial charge on any atom is 0.254 e. The number of carbonyl (C=O) groups excluding carboxylic acids is 1. The van der Waals surface area contributed by atoms with Gasteiger partial charge in [-0.3, -0.25) is 9.48 Å². The molecule has 2 N–H and O–H groups in total. The predicted molar refractivity (Wildman–Crippen MR) is 126 cm³/mol. The first-order valence-electron chi connectivity index (χ1n) is 9.99. The number of nitrogens with two attached hydrogens (primary N) is 1. The van der Waals surface area contributed by atoms with E-state index in [1.54, 1.807) is 7.05 Å². The first-order valence-corrected chi connectivity index (χ1v) is 9.99. The summed E-state index contributed by atoms with van der Waals surface area (Å²) >= 11 is 0. The molecule has 0 spiro atoms. The van der Waals surface area contributed by atoms with E-state index in [1.165, 1.54) is 35.0 Å². The summed E-state index contributed by atoms with van der Waals surface area (Å²) < 4.78 is 21.7. The Labute approximate surface area is 200 Å². The molecule has 1 aliphatic heterocycles. The van der Waals surface area contributed by atoms with E-state index in [-0.39, 0.29) is 34.9 Å². The molecule has 0 fully saturated rings. The summed E-state index contributed by atoms with van der Waals surface area (Å²) in [5.41, 5.74) is 4.91. The number of anilines is 1. The molecule has 1 unspecified atom stereocenters. The molecule has 3 aromatic rings. The Hall–Kier alpha value is -3.67. The molecule has 4 rings (SSSR count). The van der Waals surface area contributed by atoms with E-state index in [9.17, 15) is 14.4 Å². The lowest BCUT2D eigenvalue weighted by atomic mass is 9.31. The molecule has 3 heterocycles. The summed E-state index contributed by atoms with van der Waals surface area (Å²) in [7, 11) is 27.6. The van der Waals surface area contributed by atoms with Gasteiger partial charge in [-0.25, -0.2) is 9.37 Å². The van der Waals surface area contributed by atoms with Gasteiger partial charge in [0.15, 0.2) is 11.6 Å². The van der Waals surface area contributed by atoms with Gasteiger partial charge in [0, 0.05) is 37.0 Å². The lowest BCUT2D eigenvalue weighted by Gasteiger charge is -2.46. The quantitative estimate of drug-likeness (QED) is 0.551. The van der Waals surface area contributed by atoms with Crippen molar-refractivity contribution in [3.05, 3.63) is 58.8 Å². The largest absolute Gasteiger partial charge is 0.491 e. The average Bonchev–Trinajstić information content (AvgIpc) is 3.07. The van der Waals surface area contributed by atoms with Crippen molar-refractivity contribution in [2.75, 3.05) is 12.8 Å². The van der Waals surface area contributed by atoms with Gasteiger partial charge in [-0.05, 0) is 29.8 Å². The SMILES string of the molecule is [B]C([B])([B])C1([B])Oc2cc(cnc2N)-c2c(nn(C)c2C#N)CN(C)C(=O)c2ccc(F)cc21. The molecule has 1 atom stereocenters. The number of aromatic nitrogens is 3. The third-order valence-electron chi connectivity index (χ3n) is 5.66. The minimum Gasteiger partial charge on any atom is -0.491 e. The van der Waals surface area contributed by atoms with Crippen LogP contribution < -0.4 is 10.5 Å². The number of hydrogen-bond donors (Lipinski definition) is 1. The van der Waals surface area contributed by atoms with Crippen molar-refractivity contribution in [1.82, 2.24) is 19.7 Å². The molecular formula is C21H15B4FN6O2. The van der Waals surface area contributed by atoms with E-state index in [0.29, 0.717) is 16.8 Å². The fourth-order valence-electron chi connectivity index (χ4n) is 3.86. The van der Waals surface area contributed by atoms with Gasteiger partial charge in [0.05, 0.1) is 41.3 Å². The van der Waals surface area contributed by atoms with Crippen LogP contribution in [0.2, 0.25) is 5.11 Å². The lowest BCUT2D eigenvalue weighted by Crippen LogP contribution is -2.49. The molecule has 1 amide bonds. The van der Waals surface area contributed by atoms with E-state index >= 15 is 0 Å². The van der Waals surface area contributed by atoms with Crippen LogP contribution in [0.5, 0.6) is 5.75 Å². The Bertz CT molecular complexity index is 1370. The third kappa shape index (κ3) is 3.63. The number of ether oxygens (including phenoxy) is 1. The molecule has 8 nitrogen and oxygen atoms in total. The second kappa shape index (κ2) is 7.97. The lowest BCUT2D eigenvalue weighted by molar-refractivity contribution is 0.0773. The van der Waals surface area contributed by atoms with Gasteiger partial charge < -0.3 is 15.4 Å². The van der Waals surface area contributed by atoms with Crippen molar-refractivity contribution in [3.8, 4) is 22.9 Å². The zero-order chi connectivity index (χ0) is 25.0. The summed E-state index contributed by atoms with van der Waals surface area (Å²) in [6, 6.07) is 6.85. The van der Waals surface area contributed by atoms with E-state index in [4.69, 9.17) is 41.9 Å². The molecule has 1 aromatic carbocycles. The highest BCUT2D eigenvalue weighted by molar-refractivity contribution is 6.62. The Morgan fingerprint density at radius 3 is 2.65 bits per heavy atom. The number of amides is 1. The maximum absolute atomic E-state index is 14.3. The molecule has 13 heteroatoms. The van der Waals surface area contributed by atoms with Gasteiger partial charge in [0.1, 0.15) is 25.4 Å². The molecular weight excluding hydrogens is 431 g/mol. The van der Waals surface area contributed by atoms with Gasteiger partial charge in [-0.15, -0.1) is 0 Å². The Morgan fingerprint density at radius 1 is 1.29 bits per heavy atom. The molecule has 0 aliphatic carbocycles. The van der Waals surface area contributed by atoms with E-state index in [0.717, 1.165) is 12.1 Å². The second-order valence-corrected chi connectivity index (χ2v) is 8.13. The number of carbonyl (C=O) groups is 1. The Morgan fingerprint density at radius 2 is 2.00 bits per heavy atom. The number of pyridine rings is 1. The first kappa shape index (κ1) is 23.5. The average molecular weight is 446 g/mol. The van der Waals surface area contributed by atoms with Gasteiger partial charge in [-0.1, -0.05) is 5.11 Å². The maximum atomic E-state index is 14.3. The molecule has 2 aromatic heterocycles. The Balaban J connectivity index is 2.09. The number of nitriles is 1. The minimum absolute atomic E-state index is 0.00232. The van der Waals surface area contributed by atoms with Crippen LogP contribution in [0.4, 0.5) is 10.2 Å². The fraction of sp³-hybridized carbons (Fsp3) is 0.238. The normalized spacial score (nSPS) is 18.1. The van der Waals surface area contributed by atoms with Crippen LogP contribution >= 0.6 is 0 Å². The number of halogens is 1. The van der Waals surface area contributed by atoms with Crippen molar-refractivity contribution < 1.29 is 13.9 Å². The zero-order valence-electron chi connectivity index (χ0n) is 18.4. The van der Waals surface area contributed by atoms with Crippen LogP contribution in [-0.2, 0) is 19.1 Å². The highest BCUT2D eigenvalue weighted by atomic mass is 19.1. The summed E-state index contributed by atoms with van der Waals surface area (Å²) in [4.78, 5) is 18.9. The van der Waals surface area contributed by atoms with Crippen LogP contribution in [0.25, 0.3) is 11.1 Å². The molecule has 1 aliphatic rings. The van der Waals surface area contributed by atoms with Gasteiger partial charge in [0.2, 0.25) is 0 Å². The van der Waals surface area contributed by atoms with Crippen LogP contribution in [0.15, 0.2) is 30.5 Å². The number of aryl methyl sites for hydroxylation is 1. The summed E-state index contributed by atoms with van der Waals surface area (Å²) in [5, 5.41) is 11.8. The standard InChI is InChI=1S/C21H15B4FN6O2/c1-31-9-14-17(15(7-27)32(2)30-14)10-5-16(18(28)29-8-10)34-20(22,21(23,24)25)13-6-11(26)3-4-12(13)19(31)33/h3-6,8H,9H2,1-2H3,(H2,28,29). The van der Waals surface area contributed by atoms with Crippen LogP contribution in [0.1, 0.15) is 27.3 Å². The van der Waals surface area contributed by atoms with Crippen LogP contribution in [0, 0.1) is 17.1 Å². The second-order valence-electron chi connectivity index (χ2n) is 8.13. The summed E-state index contributed by atoms with van der Waals surface area (Å²) in [6.45, 7) is -0.00232. The van der Waals surface area contributed by atoms with Crippen molar-refractivity contribution in [3.63, 3.8) is 0 Å². The predicted octanol–water partition coefficient (Wildman–Crippen LogP) is 0.640. The van der Waals surface area contributed by atoms with Crippen molar-refractivity contribution in [2.24, 2.45) is 7.05 Å². The smallest absolute Gasteiger partial charge is 0.254 e. The topological polar surface area (TPSA) is 110 Å². The van der Waals surface area contributed by atoms with E-state index in [1.807, 2.05) is 0 Å². The minimum atomic E-state index is -2.33. The first-order chi connectivity index (χ1) is 15.9. The van der Waals surface area contributed by atoms with Crippen LogP contribution in [0.3, 0.4) is 0 Å². The monoisotopic (exact) mass is 446 g/mol. The fourth-order valence-corrected chi connectivity index (χ4v) is 3.86. The molecule has 2 bridgehead atoms. The van der Waals surface area contributed by atoms with Crippen molar-refractivity contribution in [1.29, 1.82) is 5.26 Å². The van der Waals surface area contributed by atoms with Crippen LogP contribution in [-0.4, -0.2) is 64.0 Å². The number of nitrogens with zero attached hydrogens (tertiary/aromatic N) is 5. The number of hydrogen-bond acceptors (Lipinski definition) is 6. The number of fused-ring (bicyclic) bond motifs is 5. The van der Waals surface area contributed by atoms with E-state index in [2.05, 4.69) is 16.2 Å². The van der Waals surface area contributed by atoms with E-state index < -0.39 is 22.3 Å². The van der Waals surface area contributed by atoms with Crippen molar-refractivity contribution in [2.45, 2.75) is 17.2 Å². The number of rotatable bonds is 1. The highest BCUT2D eigenvalue weighted by Gasteiger charge is 2.43. The molecule has 8 radical (unpaired) electrons. The summed E-state index contributed by atoms with van der Waals surface area (Å²) in [5.74, 6) is -1.50. The zero-order valence-corrected chi connectivity index (χ0v) is 18.4. The van der Waals surface area contributed by atoms with Gasteiger partial charge in [0.25, 0.3) is 5.91 Å². The number of benzene rings is 1.